The zero-order valence-electron chi connectivity index (χ0n) is 6.08. The van der Waals surface area contributed by atoms with Crippen molar-refractivity contribution in [1.29, 1.82) is 0 Å². The molecule has 0 amide bonds. The second kappa shape index (κ2) is 3.94. The van der Waals surface area contributed by atoms with E-state index in [1.807, 2.05) is 11.7 Å². The average Bonchev–Trinajstić information content (AvgIpc) is 2.31. The third kappa shape index (κ3) is 1.71. The molecule has 68 valence electrons. The third-order valence-corrected chi connectivity index (χ3v) is 7.31. The molecule has 1 N–H and O–H groups in total. The highest BCUT2D eigenvalue weighted by molar-refractivity contribution is 9.14. The maximum atomic E-state index is 10.9. The molecule has 0 bridgehead atoms. The first-order valence-corrected chi connectivity index (χ1v) is 6.82. The first-order valence-electron chi connectivity index (χ1n) is 3.00. The molecule has 2 unspecified atom stereocenters. The van der Waals surface area contributed by atoms with Crippen molar-refractivity contribution in [1.82, 2.24) is 0 Å². The number of hydrogen-bond donors (Lipinski definition) is 1. The van der Waals surface area contributed by atoms with E-state index in [1.165, 1.54) is 11.8 Å². The number of hydrogen-bond acceptors (Lipinski definition) is 3. The maximum absolute atomic E-state index is 10.9. The zero-order valence-corrected chi connectivity index (χ0v) is 10.9. The van der Waals surface area contributed by atoms with E-state index in [9.17, 15) is 4.79 Å². The summed E-state index contributed by atoms with van der Waals surface area (Å²) in [7, 11) is 0. The van der Waals surface area contributed by atoms with Crippen molar-refractivity contribution in [2.45, 2.75) is 8.48 Å². The van der Waals surface area contributed by atoms with E-state index < -0.39 is 9.63 Å². The van der Waals surface area contributed by atoms with E-state index in [2.05, 4.69) is 31.9 Å². The number of rotatable bonds is 2. The molecule has 1 aliphatic heterocycles. The molecular formula is C6H6Br2O2S2. The van der Waals surface area contributed by atoms with Gasteiger partial charge in [0.05, 0.1) is 4.83 Å². The van der Waals surface area contributed by atoms with Gasteiger partial charge in [0, 0.05) is 4.91 Å². The zero-order chi connectivity index (χ0) is 9.35. The van der Waals surface area contributed by atoms with Crippen LogP contribution in [0.25, 0.3) is 0 Å². The van der Waals surface area contributed by atoms with Crippen LogP contribution >= 0.6 is 55.4 Å². The van der Waals surface area contributed by atoms with E-state index in [0.29, 0.717) is 0 Å². The molecule has 0 aliphatic carbocycles. The fourth-order valence-corrected chi connectivity index (χ4v) is 4.58. The molecule has 0 aromatic rings. The van der Waals surface area contributed by atoms with Crippen LogP contribution in [-0.4, -0.2) is 25.8 Å². The van der Waals surface area contributed by atoms with Crippen molar-refractivity contribution in [2.24, 2.45) is 0 Å². The lowest BCUT2D eigenvalue weighted by atomic mass is 10.3. The van der Waals surface area contributed by atoms with Gasteiger partial charge in [-0.05, 0) is 11.7 Å². The van der Waals surface area contributed by atoms with Crippen molar-refractivity contribution >= 4 is 61.4 Å². The van der Waals surface area contributed by atoms with Gasteiger partial charge in [-0.1, -0.05) is 31.9 Å². The minimum atomic E-state index is -0.925. The summed E-state index contributed by atoms with van der Waals surface area (Å²) in [6.07, 6.45) is 1.93. The van der Waals surface area contributed by atoms with Crippen LogP contribution in [0.1, 0.15) is 0 Å². The van der Waals surface area contributed by atoms with Crippen molar-refractivity contribution in [3.63, 3.8) is 0 Å². The van der Waals surface area contributed by atoms with Crippen LogP contribution in [0, 0.1) is 0 Å². The smallest absolute Gasteiger partial charge is 0.332 e. The third-order valence-electron chi connectivity index (χ3n) is 1.45. The second-order valence-electron chi connectivity index (χ2n) is 2.15. The summed E-state index contributed by atoms with van der Waals surface area (Å²) >= 11 is 9.40. The lowest BCUT2D eigenvalue weighted by Crippen LogP contribution is -2.34. The van der Waals surface area contributed by atoms with Crippen molar-refractivity contribution in [2.75, 3.05) is 6.26 Å². The quantitative estimate of drug-likeness (QED) is 0.788. The predicted octanol–water partition coefficient (Wildman–Crippen LogP) is 2.88. The van der Waals surface area contributed by atoms with Gasteiger partial charge in [-0.2, -0.15) is 0 Å². The standard InChI is InChI=1S/C6H6Br2O2S2/c1-11-3-2-12-6(8,4(3)7)5(9)10/h2,4H,1H3,(H,9,10). The molecule has 0 spiro atoms. The van der Waals surface area contributed by atoms with Gasteiger partial charge in [0.15, 0.2) is 3.66 Å². The lowest BCUT2D eigenvalue weighted by Gasteiger charge is -2.20. The lowest BCUT2D eigenvalue weighted by molar-refractivity contribution is -0.136. The van der Waals surface area contributed by atoms with Crippen LogP contribution in [0.4, 0.5) is 0 Å². The predicted molar refractivity (Wildman–Crippen MR) is 61.2 cm³/mol. The summed E-state index contributed by atoms with van der Waals surface area (Å²) < 4.78 is -0.925. The summed E-state index contributed by atoms with van der Waals surface area (Å²) in [5, 5.41) is 10.8. The van der Waals surface area contributed by atoms with Gasteiger partial charge in [0.2, 0.25) is 0 Å². The van der Waals surface area contributed by atoms with Gasteiger partial charge in [0.1, 0.15) is 0 Å². The summed E-state index contributed by atoms with van der Waals surface area (Å²) in [5.74, 6) is -0.852. The van der Waals surface area contributed by atoms with Gasteiger partial charge < -0.3 is 5.11 Å². The Morgan fingerprint density at radius 1 is 1.92 bits per heavy atom. The molecule has 1 rings (SSSR count). The van der Waals surface area contributed by atoms with E-state index in [1.54, 1.807) is 11.8 Å². The van der Waals surface area contributed by atoms with Crippen molar-refractivity contribution < 1.29 is 9.90 Å². The number of halogens is 2. The molecule has 0 saturated heterocycles. The number of carboxylic acid groups (broad SMARTS) is 1. The van der Waals surface area contributed by atoms with Crippen LogP contribution in [0.15, 0.2) is 10.3 Å². The molecule has 0 radical (unpaired) electrons. The summed E-state index contributed by atoms with van der Waals surface area (Å²) in [6.45, 7) is 0. The van der Waals surface area contributed by atoms with Crippen LogP contribution in [-0.2, 0) is 4.79 Å². The number of allylic oxidation sites excluding steroid dienone is 1. The molecule has 2 nitrogen and oxygen atoms in total. The molecule has 0 saturated carbocycles. The van der Waals surface area contributed by atoms with Gasteiger partial charge >= 0.3 is 5.97 Å². The minimum absolute atomic E-state index is 0.150. The largest absolute Gasteiger partial charge is 0.480 e. The first kappa shape index (κ1) is 10.9. The van der Waals surface area contributed by atoms with E-state index >= 15 is 0 Å². The van der Waals surface area contributed by atoms with E-state index in [-0.39, 0.29) is 4.83 Å². The van der Waals surface area contributed by atoms with Gasteiger partial charge in [0.25, 0.3) is 0 Å². The SMILES string of the molecule is CSC1=CSC(Br)(C(=O)O)C1Br. The van der Waals surface area contributed by atoms with Crippen LogP contribution in [0.3, 0.4) is 0 Å². The minimum Gasteiger partial charge on any atom is -0.480 e. The molecule has 0 fully saturated rings. The van der Waals surface area contributed by atoms with Gasteiger partial charge in [-0.3, -0.25) is 0 Å². The number of carbonyl (C=O) groups is 1. The Kier molecular flexibility index (Phi) is 3.59. The van der Waals surface area contributed by atoms with Gasteiger partial charge in [-0.25, -0.2) is 4.79 Å². The average molecular weight is 334 g/mol. The molecule has 1 aliphatic rings. The Hall–Kier alpha value is 0.870. The number of aliphatic carboxylic acids is 1. The highest BCUT2D eigenvalue weighted by Gasteiger charge is 2.48. The molecule has 1 heterocycles. The number of carboxylic acids is 1. The summed E-state index contributed by atoms with van der Waals surface area (Å²) in [5.41, 5.74) is 0. The molecular weight excluding hydrogens is 328 g/mol. The second-order valence-corrected chi connectivity index (χ2v) is 6.84. The fourth-order valence-electron chi connectivity index (χ4n) is 0.757. The van der Waals surface area contributed by atoms with E-state index in [4.69, 9.17) is 5.11 Å². The molecule has 0 aromatic heterocycles. The molecule has 6 heteroatoms. The molecule has 0 aromatic carbocycles. The van der Waals surface area contributed by atoms with E-state index in [0.717, 1.165) is 4.91 Å². The van der Waals surface area contributed by atoms with Crippen molar-refractivity contribution in [3.05, 3.63) is 10.3 Å². The Labute approximate surface area is 95.8 Å². The first-order chi connectivity index (χ1) is 5.52. The Bertz CT molecular complexity index is 244. The van der Waals surface area contributed by atoms with Gasteiger partial charge in [-0.15, -0.1) is 23.5 Å². The highest BCUT2D eigenvalue weighted by atomic mass is 79.9. The Balaban J connectivity index is 2.84. The monoisotopic (exact) mass is 332 g/mol. The topological polar surface area (TPSA) is 37.3 Å². The normalized spacial score (nSPS) is 34.9. The van der Waals surface area contributed by atoms with Crippen molar-refractivity contribution in [3.8, 4) is 0 Å². The Morgan fingerprint density at radius 2 is 2.50 bits per heavy atom. The number of alkyl halides is 2. The number of thioether (sulfide) groups is 2. The van der Waals surface area contributed by atoms with Crippen LogP contribution < -0.4 is 0 Å². The summed E-state index contributed by atoms with van der Waals surface area (Å²) in [4.78, 5) is 11.7. The fraction of sp³-hybridized carbons (Fsp3) is 0.500. The highest BCUT2D eigenvalue weighted by Crippen LogP contribution is 2.52. The van der Waals surface area contributed by atoms with Crippen LogP contribution in [0.5, 0.6) is 0 Å². The maximum Gasteiger partial charge on any atom is 0.332 e. The molecule has 12 heavy (non-hydrogen) atoms. The summed E-state index contributed by atoms with van der Waals surface area (Å²) in [6, 6.07) is 0. The van der Waals surface area contributed by atoms with Crippen LogP contribution in [0.2, 0.25) is 0 Å². The Morgan fingerprint density at radius 3 is 2.75 bits per heavy atom. The molecule has 2 atom stereocenters.